The zero-order valence-corrected chi connectivity index (χ0v) is 11.5. The molecule has 94 valence electrons. The molecule has 0 bridgehead atoms. The maximum Gasteiger partial charge on any atom is 0.154 e. The number of rotatable bonds is 1. The third-order valence-electron chi connectivity index (χ3n) is 3.46. The van der Waals surface area contributed by atoms with Gasteiger partial charge in [-0.3, -0.25) is 0 Å². The van der Waals surface area contributed by atoms with Crippen molar-refractivity contribution < 1.29 is 4.39 Å². The minimum Gasteiger partial charge on any atom is -0.226 e. The molecule has 1 aromatic heterocycles. The van der Waals surface area contributed by atoms with E-state index in [9.17, 15) is 4.39 Å². The highest BCUT2D eigenvalue weighted by atomic mass is 79.9. The molecule has 3 nitrogen and oxygen atoms in total. The first-order valence-electron chi connectivity index (χ1n) is 6.23. The Labute approximate surface area is 113 Å². The molecule has 1 fully saturated rings. The van der Waals surface area contributed by atoms with Crippen molar-refractivity contribution in [2.24, 2.45) is 0 Å². The van der Waals surface area contributed by atoms with Crippen LogP contribution < -0.4 is 0 Å². The lowest BCUT2D eigenvalue weighted by molar-refractivity contribution is 0.426. The molecule has 18 heavy (non-hydrogen) atoms. The molecule has 1 aromatic carbocycles. The van der Waals surface area contributed by atoms with Gasteiger partial charge in [0, 0.05) is 10.4 Å². The lowest BCUT2D eigenvalue weighted by Crippen LogP contribution is -2.10. The van der Waals surface area contributed by atoms with Gasteiger partial charge in [-0.15, -0.1) is 10.2 Å². The van der Waals surface area contributed by atoms with Crippen molar-refractivity contribution >= 4 is 27.0 Å². The second-order valence-electron chi connectivity index (χ2n) is 4.76. The second-order valence-corrected chi connectivity index (χ2v) is 5.68. The molecule has 0 N–H and O–H groups in total. The van der Waals surface area contributed by atoms with Gasteiger partial charge in [0.25, 0.3) is 0 Å². The first-order chi connectivity index (χ1) is 8.74. The Bertz CT molecular complexity index is 582. The molecule has 3 rings (SSSR count). The molecular formula is C13H13BrFN3. The van der Waals surface area contributed by atoms with Crippen LogP contribution >= 0.6 is 15.9 Å². The predicted molar refractivity (Wildman–Crippen MR) is 70.8 cm³/mol. The second kappa shape index (κ2) is 4.88. The summed E-state index contributed by atoms with van der Waals surface area (Å²) in [6, 6.07) is 3.16. The van der Waals surface area contributed by atoms with Gasteiger partial charge < -0.3 is 0 Å². The molecule has 0 unspecified atom stereocenters. The molecule has 0 atom stereocenters. The third-order valence-corrected chi connectivity index (χ3v) is 3.92. The lowest BCUT2D eigenvalue weighted by atomic mass is 9.89. The van der Waals surface area contributed by atoms with Crippen LogP contribution in [0, 0.1) is 5.82 Å². The average molecular weight is 310 g/mol. The van der Waals surface area contributed by atoms with Crippen molar-refractivity contribution in [2.45, 2.75) is 38.0 Å². The van der Waals surface area contributed by atoms with Crippen molar-refractivity contribution in [3.63, 3.8) is 0 Å². The van der Waals surface area contributed by atoms with Gasteiger partial charge in [0.15, 0.2) is 11.6 Å². The summed E-state index contributed by atoms with van der Waals surface area (Å²) in [5.74, 6) is 0.702. The van der Waals surface area contributed by atoms with Crippen molar-refractivity contribution in [1.82, 2.24) is 15.2 Å². The lowest BCUT2D eigenvalue weighted by Gasteiger charge is -2.19. The normalized spacial score (nSPS) is 17.2. The number of benzene rings is 1. The van der Waals surface area contributed by atoms with E-state index in [1.165, 1.54) is 25.3 Å². The molecule has 1 aliphatic rings. The summed E-state index contributed by atoms with van der Waals surface area (Å²) in [6.07, 6.45) is 5.86. The number of nitrogens with zero attached hydrogens (tertiary/aromatic N) is 3. The molecule has 5 heteroatoms. The summed E-state index contributed by atoms with van der Waals surface area (Å²) in [5, 5.41) is 8.26. The third kappa shape index (κ3) is 2.23. The van der Waals surface area contributed by atoms with Crippen LogP contribution in [0.5, 0.6) is 0 Å². The number of halogens is 2. The van der Waals surface area contributed by atoms with E-state index in [0.717, 1.165) is 12.8 Å². The van der Waals surface area contributed by atoms with Gasteiger partial charge in [-0.1, -0.05) is 35.2 Å². The predicted octanol–water partition coefficient (Wildman–Crippen LogP) is 3.97. The van der Waals surface area contributed by atoms with Crippen LogP contribution in [0.4, 0.5) is 4.39 Å². The van der Waals surface area contributed by atoms with E-state index in [-0.39, 0.29) is 5.82 Å². The summed E-state index contributed by atoms with van der Waals surface area (Å²) in [4.78, 5) is 4.37. The summed E-state index contributed by atoms with van der Waals surface area (Å²) in [6.45, 7) is 0. The summed E-state index contributed by atoms with van der Waals surface area (Å²) in [5.41, 5.74) is 0.829. The Balaban J connectivity index is 2.04. The zero-order chi connectivity index (χ0) is 12.5. The van der Waals surface area contributed by atoms with Crippen molar-refractivity contribution in [3.8, 4) is 0 Å². The largest absolute Gasteiger partial charge is 0.226 e. The number of aromatic nitrogens is 3. The molecule has 0 amide bonds. The molecule has 1 saturated carbocycles. The first kappa shape index (κ1) is 12.0. The van der Waals surface area contributed by atoms with Gasteiger partial charge in [-0.25, -0.2) is 9.37 Å². The van der Waals surface area contributed by atoms with E-state index in [1.54, 1.807) is 6.07 Å². The van der Waals surface area contributed by atoms with Crippen molar-refractivity contribution in [2.75, 3.05) is 0 Å². The van der Waals surface area contributed by atoms with Crippen LogP contribution in [0.25, 0.3) is 11.0 Å². The average Bonchev–Trinajstić information content (AvgIpc) is 2.39. The Morgan fingerprint density at radius 1 is 1.11 bits per heavy atom. The smallest absolute Gasteiger partial charge is 0.154 e. The van der Waals surface area contributed by atoms with Gasteiger partial charge in [-0.05, 0) is 25.0 Å². The molecule has 1 heterocycles. The molecular weight excluding hydrogens is 297 g/mol. The molecule has 0 radical (unpaired) electrons. The van der Waals surface area contributed by atoms with E-state index >= 15 is 0 Å². The summed E-state index contributed by atoms with van der Waals surface area (Å²) >= 11 is 3.24. The van der Waals surface area contributed by atoms with E-state index in [2.05, 4.69) is 31.1 Å². The van der Waals surface area contributed by atoms with Crippen LogP contribution in [0.15, 0.2) is 16.6 Å². The minimum absolute atomic E-state index is 0.328. The summed E-state index contributed by atoms with van der Waals surface area (Å²) in [7, 11) is 0. The van der Waals surface area contributed by atoms with E-state index in [0.29, 0.717) is 27.2 Å². The monoisotopic (exact) mass is 309 g/mol. The Hall–Kier alpha value is -1.10. The SMILES string of the molecule is Fc1cc(Br)cc2nnc(C3CCCCC3)nc12. The number of hydrogen-bond donors (Lipinski definition) is 0. The number of fused-ring (bicyclic) bond motifs is 1. The molecule has 0 aliphatic heterocycles. The van der Waals surface area contributed by atoms with E-state index < -0.39 is 0 Å². The van der Waals surface area contributed by atoms with Crippen LogP contribution in [-0.4, -0.2) is 15.2 Å². The standard InChI is InChI=1S/C13H13BrFN3/c14-9-6-10(15)12-11(7-9)17-18-13(16-12)8-4-2-1-3-5-8/h6-8H,1-5H2. The number of hydrogen-bond acceptors (Lipinski definition) is 3. The fourth-order valence-corrected chi connectivity index (χ4v) is 2.93. The zero-order valence-electron chi connectivity index (χ0n) is 9.87. The fraction of sp³-hybridized carbons (Fsp3) is 0.462. The van der Waals surface area contributed by atoms with Crippen LogP contribution in [0.3, 0.4) is 0 Å². The highest BCUT2D eigenvalue weighted by molar-refractivity contribution is 9.10. The maximum absolute atomic E-state index is 13.8. The van der Waals surface area contributed by atoms with Gasteiger partial charge in [0.2, 0.25) is 0 Å². The van der Waals surface area contributed by atoms with Crippen LogP contribution in [0.1, 0.15) is 43.8 Å². The van der Waals surface area contributed by atoms with Gasteiger partial charge in [0.05, 0.1) is 0 Å². The Morgan fingerprint density at radius 3 is 2.67 bits per heavy atom. The molecule has 0 saturated heterocycles. The van der Waals surface area contributed by atoms with Crippen LogP contribution in [-0.2, 0) is 0 Å². The van der Waals surface area contributed by atoms with Gasteiger partial charge in [-0.2, -0.15) is 0 Å². The maximum atomic E-state index is 13.8. The first-order valence-corrected chi connectivity index (χ1v) is 7.03. The minimum atomic E-state index is -0.341. The van der Waals surface area contributed by atoms with E-state index in [1.807, 2.05) is 0 Å². The topological polar surface area (TPSA) is 38.7 Å². The molecule has 1 aliphatic carbocycles. The van der Waals surface area contributed by atoms with Gasteiger partial charge in [0.1, 0.15) is 11.0 Å². The van der Waals surface area contributed by atoms with Crippen molar-refractivity contribution in [3.05, 3.63) is 28.2 Å². The molecule has 2 aromatic rings. The quantitative estimate of drug-likeness (QED) is 0.800. The highest BCUT2D eigenvalue weighted by Gasteiger charge is 2.19. The molecule has 0 spiro atoms. The van der Waals surface area contributed by atoms with Gasteiger partial charge >= 0.3 is 0 Å². The summed E-state index contributed by atoms with van der Waals surface area (Å²) < 4.78 is 14.5. The van der Waals surface area contributed by atoms with Crippen LogP contribution in [0.2, 0.25) is 0 Å². The van der Waals surface area contributed by atoms with Crippen molar-refractivity contribution in [1.29, 1.82) is 0 Å². The Morgan fingerprint density at radius 2 is 1.89 bits per heavy atom. The Kier molecular flexibility index (Phi) is 3.24. The fourth-order valence-electron chi connectivity index (χ4n) is 2.52. The highest BCUT2D eigenvalue weighted by Crippen LogP contribution is 2.31. The van der Waals surface area contributed by atoms with E-state index in [4.69, 9.17) is 0 Å².